The van der Waals surface area contributed by atoms with Crippen LogP contribution in [0, 0.1) is 11.3 Å². The highest BCUT2D eigenvalue weighted by Crippen LogP contribution is 2.45. The predicted molar refractivity (Wildman–Crippen MR) is 225 cm³/mol. The monoisotopic (exact) mass is 812 g/mol. The Hall–Kier alpha value is -3.42. The number of unbranched alkanes of at least 4 members (excludes halogenated alkanes) is 1. The van der Waals surface area contributed by atoms with Gasteiger partial charge in [0, 0.05) is 29.4 Å². The summed E-state index contributed by atoms with van der Waals surface area (Å²) in [5.41, 5.74) is -0.317. The number of amidine groups is 1. The molecule has 1 N–H and O–H groups in total. The van der Waals surface area contributed by atoms with E-state index in [0.29, 0.717) is 23.1 Å². The molecule has 0 radical (unpaired) electrons. The molecular weight excluding hydrogens is 749 g/mol. The number of sulfonamides is 1. The second-order valence-electron chi connectivity index (χ2n) is 18.4. The molecule has 0 bridgehead atoms. The molecule has 1 fully saturated rings. The van der Waals surface area contributed by atoms with Crippen LogP contribution >= 0.6 is 11.8 Å². The molecule has 310 valence electrons. The van der Waals surface area contributed by atoms with E-state index in [-0.39, 0.29) is 51.6 Å². The summed E-state index contributed by atoms with van der Waals surface area (Å²) in [6.45, 7) is 25.0. The van der Waals surface area contributed by atoms with Gasteiger partial charge in [-0.2, -0.15) is 0 Å². The third kappa shape index (κ3) is 10.9. The SMILES string of the molecule is CCCCC(CC)COCCCN1C(C(C(=O)Nc2cc(C(C)(C)C)ccc2SC(C)(C)CC(C)(C)C)N2C(=O)OC(C)(C)C2=O)=Nc2ccccc2S1(=O)=O. The fourth-order valence-corrected chi connectivity index (χ4v) is 10.4. The van der Waals surface area contributed by atoms with Crippen molar-refractivity contribution in [1.29, 1.82) is 0 Å². The third-order valence-electron chi connectivity index (χ3n) is 9.94. The molecule has 2 unspecified atom stereocenters. The normalized spacial score (nSPS) is 18.0. The summed E-state index contributed by atoms with van der Waals surface area (Å²) < 4.78 is 41.3. The summed E-state index contributed by atoms with van der Waals surface area (Å²) in [4.78, 5) is 48.9. The van der Waals surface area contributed by atoms with E-state index >= 15 is 0 Å². The topological polar surface area (TPSA) is 135 Å². The zero-order valence-corrected chi connectivity index (χ0v) is 37.2. The Labute approximate surface area is 339 Å². The minimum atomic E-state index is -4.30. The van der Waals surface area contributed by atoms with Crippen molar-refractivity contribution in [3.05, 3.63) is 48.0 Å². The molecule has 2 aromatic rings. The average Bonchev–Trinajstić information content (AvgIpc) is 3.27. The number of imide groups is 1. The molecule has 11 nitrogen and oxygen atoms in total. The molecule has 2 heterocycles. The van der Waals surface area contributed by atoms with Crippen LogP contribution in [0.4, 0.5) is 16.2 Å². The van der Waals surface area contributed by atoms with Crippen LogP contribution in [-0.2, 0) is 34.5 Å². The molecule has 2 aliphatic rings. The second kappa shape index (κ2) is 17.6. The fraction of sp³-hybridized carbons (Fsp3) is 0.628. The molecule has 2 aliphatic heterocycles. The number of amides is 3. The number of hydrogen-bond acceptors (Lipinski definition) is 9. The van der Waals surface area contributed by atoms with Crippen LogP contribution in [0.1, 0.15) is 127 Å². The Bertz CT molecular complexity index is 1890. The van der Waals surface area contributed by atoms with Crippen molar-refractivity contribution in [3.8, 4) is 0 Å². The third-order valence-corrected chi connectivity index (χ3v) is 13.1. The molecular formula is C43H64N4O7S2. The highest BCUT2D eigenvalue weighted by atomic mass is 32.2. The maximum Gasteiger partial charge on any atom is 0.418 e. The highest BCUT2D eigenvalue weighted by Gasteiger charge is 2.55. The predicted octanol–water partition coefficient (Wildman–Crippen LogP) is 9.71. The van der Waals surface area contributed by atoms with Crippen molar-refractivity contribution in [2.75, 3.05) is 25.1 Å². The van der Waals surface area contributed by atoms with Gasteiger partial charge in [-0.05, 0) is 79.7 Å². The molecule has 0 saturated carbocycles. The van der Waals surface area contributed by atoms with Gasteiger partial charge in [-0.25, -0.2) is 23.1 Å². The summed E-state index contributed by atoms with van der Waals surface area (Å²) in [5, 5.41) is 3.05. The first-order valence-corrected chi connectivity index (χ1v) is 22.2. The zero-order chi connectivity index (χ0) is 41.9. The van der Waals surface area contributed by atoms with Gasteiger partial charge in [-0.1, -0.05) is 107 Å². The maximum absolute atomic E-state index is 15.0. The number of nitrogens with one attached hydrogen (secondary N) is 1. The number of hydrogen-bond donors (Lipinski definition) is 1. The first kappa shape index (κ1) is 45.3. The number of aliphatic imine (C=N–C) groups is 1. The van der Waals surface area contributed by atoms with Gasteiger partial charge in [0.2, 0.25) is 0 Å². The van der Waals surface area contributed by atoms with Crippen LogP contribution in [-0.4, -0.2) is 77.5 Å². The van der Waals surface area contributed by atoms with E-state index in [4.69, 9.17) is 14.5 Å². The number of ether oxygens (including phenoxy) is 2. The number of rotatable bonds is 17. The molecule has 2 aromatic carbocycles. The molecule has 4 rings (SSSR count). The molecule has 2 atom stereocenters. The van der Waals surface area contributed by atoms with Crippen LogP contribution in [0.15, 0.2) is 57.2 Å². The highest BCUT2D eigenvalue weighted by molar-refractivity contribution is 8.00. The lowest BCUT2D eigenvalue weighted by atomic mass is 9.86. The smallest absolute Gasteiger partial charge is 0.418 e. The maximum atomic E-state index is 15.0. The Morgan fingerprint density at radius 3 is 2.27 bits per heavy atom. The molecule has 0 spiro atoms. The van der Waals surface area contributed by atoms with Gasteiger partial charge < -0.3 is 14.8 Å². The largest absolute Gasteiger partial charge is 0.433 e. The molecule has 56 heavy (non-hydrogen) atoms. The Morgan fingerprint density at radius 1 is 1.00 bits per heavy atom. The minimum absolute atomic E-state index is 0.0296. The number of para-hydroxylation sites is 1. The van der Waals surface area contributed by atoms with Gasteiger partial charge in [0.15, 0.2) is 17.5 Å². The van der Waals surface area contributed by atoms with Crippen molar-refractivity contribution >= 4 is 56.9 Å². The number of anilines is 1. The van der Waals surface area contributed by atoms with Gasteiger partial charge in [-0.15, -0.1) is 11.8 Å². The summed E-state index contributed by atoms with van der Waals surface area (Å²) in [6, 6.07) is 10.4. The lowest BCUT2D eigenvalue weighted by Crippen LogP contribution is -2.59. The van der Waals surface area contributed by atoms with Crippen LogP contribution in [0.2, 0.25) is 0 Å². The number of thioether (sulfide) groups is 1. The zero-order valence-electron chi connectivity index (χ0n) is 35.6. The summed E-state index contributed by atoms with van der Waals surface area (Å²) in [7, 11) is -4.30. The van der Waals surface area contributed by atoms with Gasteiger partial charge in [-0.3, -0.25) is 13.9 Å². The molecule has 13 heteroatoms. The Balaban J connectivity index is 1.82. The molecule has 0 aromatic heterocycles. The summed E-state index contributed by atoms with van der Waals surface area (Å²) in [6.07, 6.45) is 4.33. The number of carbonyl (C=O) groups is 3. The summed E-state index contributed by atoms with van der Waals surface area (Å²) in [5.74, 6) is -1.45. The second-order valence-corrected chi connectivity index (χ2v) is 21.9. The van der Waals surface area contributed by atoms with Crippen molar-refractivity contribution in [1.82, 2.24) is 9.21 Å². The van der Waals surface area contributed by atoms with E-state index in [0.717, 1.165) is 46.9 Å². The van der Waals surface area contributed by atoms with Crippen molar-refractivity contribution < 1.29 is 32.3 Å². The molecule has 3 amide bonds. The van der Waals surface area contributed by atoms with Crippen LogP contribution in [0.5, 0.6) is 0 Å². The number of nitrogens with zero attached hydrogens (tertiary/aromatic N) is 3. The van der Waals surface area contributed by atoms with E-state index in [1.165, 1.54) is 26.0 Å². The van der Waals surface area contributed by atoms with Gasteiger partial charge in [0.25, 0.3) is 21.8 Å². The molecule has 0 aliphatic carbocycles. The Kier molecular flexibility index (Phi) is 14.2. The number of fused-ring (bicyclic) bond motifs is 1. The number of cyclic esters (lactones) is 1. The number of carbonyl (C=O) groups excluding carboxylic acids is 3. The van der Waals surface area contributed by atoms with E-state index in [9.17, 15) is 22.8 Å². The van der Waals surface area contributed by atoms with Crippen molar-refractivity contribution in [3.63, 3.8) is 0 Å². The first-order valence-electron chi connectivity index (χ1n) is 19.9. The summed E-state index contributed by atoms with van der Waals surface area (Å²) >= 11 is 1.62. The van der Waals surface area contributed by atoms with Crippen LogP contribution < -0.4 is 5.32 Å². The van der Waals surface area contributed by atoms with Crippen LogP contribution in [0.25, 0.3) is 0 Å². The van der Waals surface area contributed by atoms with Crippen LogP contribution in [0.3, 0.4) is 0 Å². The fourth-order valence-electron chi connectivity index (χ4n) is 7.33. The lowest BCUT2D eigenvalue weighted by Gasteiger charge is -2.36. The number of benzene rings is 2. The van der Waals surface area contributed by atoms with Gasteiger partial charge >= 0.3 is 6.09 Å². The first-order chi connectivity index (χ1) is 25.9. The Morgan fingerprint density at radius 2 is 1.68 bits per heavy atom. The van der Waals surface area contributed by atoms with Gasteiger partial charge in [0.05, 0.1) is 11.4 Å². The average molecular weight is 813 g/mol. The standard InChI is InChI=1S/C43H64N4O7S2/c1-13-15-19-29(14-2)27-53-25-18-24-46-36(44-31-20-16-17-21-34(31)56(46,51)52)35(47-38(49)43(11,12)54-39(47)50)37(48)45-32-26-30(41(6,7)8)22-23-33(32)55-42(9,10)28-40(3,4)5/h16-17,20-23,26,29,35H,13-15,18-19,24-25,27-28H2,1-12H3,(H,45,48). The minimum Gasteiger partial charge on any atom is -0.433 e. The van der Waals surface area contributed by atoms with Crippen molar-refractivity contribution in [2.45, 2.75) is 153 Å². The van der Waals surface area contributed by atoms with E-state index in [1.807, 2.05) is 18.2 Å². The van der Waals surface area contributed by atoms with Gasteiger partial charge in [0.1, 0.15) is 4.90 Å². The quantitative estimate of drug-likeness (QED) is 0.123. The van der Waals surface area contributed by atoms with E-state index in [1.54, 1.807) is 23.9 Å². The molecule has 1 saturated heterocycles. The van der Waals surface area contributed by atoms with Crippen molar-refractivity contribution in [2.24, 2.45) is 16.3 Å². The van der Waals surface area contributed by atoms with E-state index in [2.05, 4.69) is 74.6 Å². The lowest BCUT2D eigenvalue weighted by molar-refractivity contribution is -0.137. The van der Waals surface area contributed by atoms with E-state index < -0.39 is 39.6 Å².